The van der Waals surface area contributed by atoms with Gasteiger partial charge in [0.2, 0.25) is 53.2 Å². The van der Waals surface area contributed by atoms with E-state index in [9.17, 15) is 53.0 Å². The number of carbonyl (C=O) groups excluding carboxylic acids is 10. The second kappa shape index (κ2) is 35.1. The summed E-state index contributed by atoms with van der Waals surface area (Å²) in [4.78, 5) is 172. The predicted molar refractivity (Wildman–Crippen MR) is 373 cm³/mol. The monoisotopic (exact) mass is 1410 g/mol. The van der Waals surface area contributed by atoms with E-state index in [1.165, 1.54) is 96.5 Å². The van der Waals surface area contributed by atoms with Crippen LogP contribution in [0.4, 0.5) is 4.39 Å². The van der Waals surface area contributed by atoms with Gasteiger partial charge in [0.15, 0.2) is 5.78 Å². The van der Waals surface area contributed by atoms with Crippen molar-refractivity contribution in [1.82, 2.24) is 62.1 Å². The zero-order chi connectivity index (χ0) is 71.5. The number of H-pyrrole nitrogens is 3. The number of nitrogens with two attached hydrogens (primary N) is 2. The Morgan fingerprint density at radius 1 is 0.710 bits per heavy atom. The number of nitrogens with zero attached hydrogens (tertiary/aromatic N) is 2. The van der Waals surface area contributed by atoms with Crippen molar-refractivity contribution in [3.8, 4) is 5.75 Å². The highest BCUT2D eigenvalue weighted by Gasteiger charge is 2.42. The van der Waals surface area contributed by atoms with Crippen LogP contribution >= 0.6 is 23.5 Å². The molecule has 16 N–H and O–H groups in total. The van der Waals surface area contributed by atoms with Gasteiger partial charge in [-0.3, -0.25) is 52.7 Å². The van der Waals surface area contributed by atoms with Crippen molar-refractivity contribution >= 4 is 110 Å². The van der Waals surface area contributed by atoms with Crippen molar-refractivity contribution in [2.75, 3.05) is 31.1 Å². The first-order valence-electron chi connectivity index (χ1n) is 33.0. The van der Waals surface area contributed by atoms with Gasteiger partial charge in [-0.25, -0.2) is 9.37 Å². The number of carbonyl (C=O) groups is 11. The number of imidazole rings is 1. The number of ketones is 1. The highest BCUT2D eigenvalue weighted by molar-refractivity contribution is 7.98. The molecule has 27 nitrogen and oxygen atoms in total. The molecule has 0 spiro atoms. The molecule has 530 valence electrons. The zero-order valence-corrected chi connectivity index (χ0v) is 56.7. The number of unbranched alkanes of at least 4 members (excludes halogenated alkanes) is 1. The van der Waals surface area contributed by atoms with Crippen LogP contribution in [-0.4, -0.2) is 173 Å². The molecule has 2 bridgehead atoms. The van der Waals surface area contributed by atoms with E-state index in [0.29, 0.717) is 76.0 Å². The van der Waals surface area contributed by atoms with E-state index in [4.69, 9.17) is 11.5 Å². The number of fused-ring (bicyclic) bond motifs is 5. The van der Waals surface area contributed by atoms with Gasteiger partial charge in [-0.2, -0.15) is 23.5 Å². The van der Waals surface area contributed by atoms with Gasteiger partial charge in [0.25, 0.3) is 0 Å². The Kier molecular flexibility index (Phi) is 26.0. The van der Waals surface area contributed by atoms with Crippen LogP contribution in [0.15, 0.2) is 116 Å². The Hall–Kier alpha value is -10.1. The lowest BCUT2D eigenvalue weighted by atomic mass is 9.90. The van der Waals surface area contributed by atoms with Gasteiger partial charge in [-0.1, -0.05) is 54.6 Å². The summed E-state index contributed by atoms with van der Waals surface area (Å²) in [6, 6.07) is 15.6. The molecule has 9 rings (SSSR count). The van der Waals surface area contributed by atoms with E-state index >= 15 is 14.4 Å². The number of thioether (sulfide) groups is 2. The molecule has 2 aliphatic rings. The molecule has 0 aliphatic carbocycles. The van der Waals surface area contributed by atoms with Crippen molar-refractivity contribution in [1.29, 1.82) is 0 Å². The van der Waals surface area contributed by atoms with Crippen molar-refractivity contribution in [2.45, 2.75) is 137 Å². The van der Waals surface area contributed by atoms with Gasteiger partial charge < -0.3 is 78.7 Å². The number of hydrogen-bond donors (Lipinski definition) is 14. The van der Waals surface area contributed by atoms with Crippen molar-refractivity contribution < 1.29 is 67.3 Å². The van der Waals surface area contributed by atoms with Gasteiger partial charge in [0.1, 0.15) is 47.3 Å². The minimum absolute atomic E-state index is 0.0381. The summed E-state index contributed by atoms with van der Waals surface area (Å²) in [5, 5.41) is 40.2. The normalized spacial score (nSPS) is 22.9. The number of carboxylic acids is 1. The second-order valence-corrected chi connectivity index (χ2v) is 27.4. The van der Waals surface area contributed by atoms with Gasteiger partial charge in [-0.15, -0.1) is 0 Å². The number of aromatic hydroxyl groups is 1. The Bertz CT molecular complexity index is 4100. The lowest BCUT2D eigenvalue weighted by molar-refractivity contribution is -0.142. The number of aliphatic carboxylic acids is 1. The van der Waals surface area contributed by atoms with Crippen LogP contribution in [0.5, 0.6) is 5.75 Å². The summed E-state index contributed by atoms with van der Waals surface area (Å²) in [5.41, 5.74) is 14.3. The molecule has 9 amide bonds. The van der Waals surface area contributed by atoms with Crippen molar-refractivity contribution in [2.24, 2.45) is 17.4 Å². The third-order valence-corrected chi connectivity index (χ3v) is 19.8. The molecule has 0 unspecified atom stereocenters. The number of aromatic amines is 3. The molecule has 4 aromatic carbocycles. The third-order valence-electron chi connectivity index (χ3n) is 17.6. The summed E-state index contributed by atoms with van der Waals surface area (Å²) in [6.45, 7) is 1.10. The van der Waals surface area contributed by atoms with E-state index in [2.05, 4.69) is 57.2 Å². The van der Waals surface area contributed by atoms with Crippen LogP contribution in [-0.2, 0) is 89.9 Å². The van der Waals surface area contributed by atoms with Crippen LogP contribution in [0.3, 0.4) is 0 Å². The number of amides is 9. The maximum atomic E-state index is 15.4. The van der Waals surface area contributed by atoms with Crippen molar-refractivity contribution in [3.05, 3.63) is 155 Å². The standard InChI is InChI=1S/C70H83FN14O13S2/c1-70(31-45-33-76-51-11-3-2-10-49(45)51)69(98)83-54(26-43-32-75-52-19-16-46(71)28-50(43)52)65(94)81-56(30-62(90)91)67(96)80-55(29-47-34-74-39-78-47)66(95)82-57(25-40-14-17-48(86)18-15-40)68(97)85-22-7-13-58(85)59(87)27-44(63(73)92)38-100-37-42-9-6-8-41(24-42)36-99-23-20-60(88)79-53(12-4-5-21-72)64(93)77-35-61(89)84-70/h2-3,6,8-11,14-19,24,28,32-34,39,44,53-58,75-76,86H,4-5,7,12-13,20-23,25-27,29-31,35-38,72H2,1H3,(H2,73,92)(H,74,78)(H,77,93)(H,79,88)(H,80,96)(H,81,94)(H,82,95)(H,83,98)(H,84,89)(H,90,91)/t44-,53-,54-,55-,56-,57-,58-,70-/m0/s1. The van der Waals surface area contributed by atoms with Crippen LogP contribution in [0.2, 0.25) is 0 Å². The minimum Gasteiger partial charge on any atom is -0.508 e. The van der Waals surface area contributed by atoms with Gasteiger partial charge >= 0.3 is 5.97 Å². The van der Waals surface area contributed by atoms with Gasteiger partial charge in [0, 0.05) is 114 Å². The maximum absolute atomic E-state index is 15.4. The average molecular weight is 1410 g/mol. The summed E-state index contributed by atoms with van der Waals surface area (Å²) in [7, 11) is 0. The lowest BCUT2D eigenvalue weighted by Crippen LogP contribution is -2.64. The van der Waals surface area contributed by atoms with Crippen LogP contribution in [0, 0.1) is 11.7 Å². The molecular formula is C70H83FN14O13S2. The third kappa shape index (κ3) is 20.5. The molecule has 2 aliphatic heterocycles. The fourth-order valence-corrected chi connectivity index (χ4v) is 14.3. The topological polar surface area (TPSA) is 428 Å². The quantitative estimate of drug-likeness (QED) is 0.0656. The summed E-state index contributed by atoms with van der Waals surface area (Å²) in [6.07, 6.45) is 4.97. The number of nitrogens with one attached hydrogen (secondary N) is 10. The van der Waals surface area contributed by atoms with Crippen LogP contribution < -0.4 is 48.7 Å². The predicted octanol–water partition coefficient (Wildman–Crippen LogP) is 3.13. The van der Waals surface area contributed by atoms with Crippen LogP contribution in [0.1, 0.15) is 91.8 Å². The first-order valence-corrected chi connectivity index (χ1v) is 35.3. The number of rotatable bonds is 15. The first kappa shape index (κ1) is 74.2. The van der Waals surface area contributed by atoms with E-state index in [1.54, 1.807) is 30.5 Å². The molecule has 7 aromatic rings. The molecule has 1 fully saturated rings. The minimum atomic E-state index is -2.01. The molecular weight excluding hydrogens is 1330 g/mol. The number of phenolic OH excluding ortho intramolecular Hbond substituents is 1. The molecule has 1 saturated heterocycles. The number of hydrogen-bond acceptors (Lipinski definition) is 16. The summed E-state index contributed by atoms with van der Waals surface area (Å²) >= 11 is 2.89. The Morgan fingerprint density at radius 2 is 1.40 bits per heavy atom. The largest absolute Gasteiger partial charge is 0.508 e. The number of halogens is 1. The number of phenols is 1. The smallest absolute Gasteiger partial charge is 0.305 e. The highest BCUT2D eigenvalue weighted by atomic mass is 32.2. The fraction of sp³-hybridized carbons (Fsp3) is 0.400. The Labute approximate surface area is 583 Å². The number of primary amides is 1. The van der Waals surface area contributed by atoms with Gasteiger partial charge in [0.05, 0.1) is 31.3 Å². The van der Waals surface area contributed by atoms with E-state index in [0.717, 1.165) is 11.1 Å². The van der Waals surface area contributed by atoms with Crippen molar-refractivity contribution in [3.63, 3.8) is 0 Å². The number of carboxylic acid groups (broad SMARTS) is 1. The van der Waals surface area contributed by atoms with Crippen LogP contribution in [0.25, 0.3) is 21.8 Å². The van der Waals surface area contributed by atoms with E-state index in [1.807, 2.05) is 24.3 Å². The summed E-state index contributed by atoms with van der Waals surface area (Å²) in [5.74, 6) is -9.84. The molecule has 30 heteroatoms. The fourth-order valence-electron chi connectivity index (χ4n) is 12.3. The van der Waals surface area contributed by atoms with E-state index < -0.39 is 138 Å². The summed E-state index contributed by atoms with van der Waals surface area (Å²) < 4.78 is 15.0. The molecule has 3 aromatic heterocycles. The molecule has 0 saturated carbocycles. The molecule has 5 heterocycles. The Morgan fingerprint density at radius 3 is 2.12 bits per heavy atom. The maximum Gasteiger partial charge on any atom is 0.305 e. The number of para-hydroxylation sites is 1. The average Bonchev–Trinajstić information content (AvgIpc) is 1.58. The lowest BCUT2D eigenvalue weighted by Gasteiger charge is -2.32. The number of Topliss-reactive ketones (excluding diaryl/α,β-unsaturated/α-hetero) is 1. The number of benzene rings is 4. The number of aromatic nitrogens is 4. The van der Waals surface area contributed by atoms with E-state index in [-0.39, 0.29) is 74.3 Å². The van der Waals surface area contributed by atoms with Gasteiger partial charge in [-0.05, 0) is 110 Å². The molecule has 0 radical (unpaired) electrons. The highest BCUT2D eigenvalue weighted by Crippen LogP contribution is 2.29. The first-order chi connectivity index (χ1) is 48.0. The Balaban J connectivity index is 1.06. The SMILES string of the molecule is C[C@@]1(Cc2c[nH]c3ccccc23)NC(=O)CNC(=O)[C@H](CCCCN)NC(=O)CCSCc2cccc(c2)CSC[C@@H](C(N)=O)CC(=O)[C@@H]2CCCN2C(=O)[C@H](Cc2ccc(O)cc2)NC(=O)[C@H](Cc2cnc[nH]2)NC(=O)[C@H](CC(=O)O)NC(=O)[C@H](Cc2c[nH]c3ccc(F)cc23)NC1=O. The molecule has 8 atom stereocenters. The zero-order valence-electron chi connectivity index (χ0n) is 55.1. The molecule has 100 heavy (non-hydrogen) atoms. The second-order valence-electron chi connectivity index (χ2n) is 25.3.